The molecule has 296 valence electrons. The van der Waals surface area contributed by atoms with E-state index in [2.05, 4.69) is 15.6 Å². The zero-order valence-electron chi connectivity index (χ0n) is 26.3. The number of amides is 1. The van der Waals surface area contributed by atoms with Crippen LogP contribution in [0, 0.1) is 22.9 Å². The third kappa shape index (κ3) is 11.6. The van der Waals surface area contributed by atoms with Gasteiger partial charge >= 0.3 is 30.5 Å². The van der Waals surface area contributed by atoms with E-state index in [1.165, 1.54) is 0 Å². The number of hydrogen-bond donors (Lipinski definition) is 8. The van der Waals surface area contributed by atoms with Crippen LogP contribution in [0.4, 0.5) is 64.2 Å². The fourth-order valence-corrected chi connectivity index (χ4v) is 3.84. The number of carbonyl (C=O) groups excluding carboxylic acids is 1. The zero-order valence-corrected chi connectivity index (χ0v) is 26.3. The van der Waals surface area contributed by atoms with Crippen LogP contribution >= 0.6 is 0 Å². The van der Waals surface area contributed by atoms with Crippen molar-refractivity contribution in [3.63, 3.8) is 0 Å². The van der Waals surface area contributed by atoms with Gasteiger partial charge in [-0.15, -0.1) is 0 Å². The Labute approximate surface area is 291 Å². The molecule has 54 heavy (non-hydrogen) atoms. The quantitative estimate of drug-likeness (QED) is 0.0531. The van der Waals surface area contributed by atoms with Crippen molar-refractivity contribution < 1.29 is 82.4 Å². The molecule has 4 rings (SSSR count). The molecule has 1 aromatic heterocycles. The second kappa shape index (κ2) is 16.6. The first-order valence-electron chi connectivity index (χ1n) is 14.0. The second-order valence-corrected chi connectivity index (χ2v) is 10.6. The number of phenols is 1. The number of nitrogens with one attached hydrogen (secondary N) is 3. The molecule has 1 aliphatic carbocycles. The molecule has 0 atom stereocenters. The number of phenolic OH excluding ortho intramolecular Hbond substituents is 1. The maximum Gasteiger partial charge on any atom is 0.490 e. The molecule has 0 spiro atoms. The molecular weight excluding hydrogens is 774 g/mol. The summed E-state index contributed by atoms with van der Waals surface area (Å²) in [5.41, 5.74) is 5.70. The second-order valence-electron chi connectivity index (χ2n) is 10.6. The Morgan fingerprint density at radius 1 is 0.907 bits per heavy atom. The van der Waals surface area contributed by atoms with Gasteiger partial charge in [0, 0.05) is 29.4 Å². The van der Waals surface area contributed by atoms with Gasteiger partial charge in [-0.05, 0) is 31.0 Å². The molecule has 0 saturated heterocycles. The van der Waals surface area contributed by atoms with Crippen molar-refractivity contribution in [1.82, 2.24) is 14.9 Å². The molecular formula is C28H23F12N7O7. The van der Waals surface area contributed by atoms with Gasteiger partial charge in [0.05, 0.1) is 23.0 Å². The number of aromatic hydroxyl groups is 1. The van der Waals surface area contributed by atoms with Crippen LogP contribution in [0.1, 0.15) is 29.5 Å². The van der Waals surface area contributed by atoms with Crippen LogP contribution in [-0.4, -0.2) is 66.9 Å². The number of amidine groups is 1. The number of aromatic nitrogens is 2. The third-order valence-corrected chi connectivity index (χ3v) is 6.46. The van der Waals surface area contributed by atoms with Gasteiger partial charge in [-0.3, -0.25) is 19.6 Å². The monoisotopic (exact) mass is 797 g/mol. The number of carboxylic acid groups (broad SMARTS) is 2. The van der Waals surface area contributed by atoms with Crippen molar-refractivity contribution in [3.8, 4) is 17.0 Å². The zero-order chi connectivity index (χ0) is 41.7. The normalized spacial score (nSPS) is 12.7. The van der Waals surface area contributed by atoms with Crippen molar-refractivity contribution in [1.29, 1.82) is 5.41 Å². The lowest BCUT2D eigenvalue weighted by molar-refractivity contribution is -0.193. The van der Waals surface area contributed by atoms with Crippen molar-refractivity contribution in [2.45, 2.75) is 50.5 Å². The van der Waals surface area contributed by atoms with Crippen molar-refractivity contribution in [2.75, 3.05) is 11.1 Å². The van der Waals surface area contributed by atoms with Crippen LogP contribution in [0.2, 0.25) is 0 Å². The number of carbonyl (C=O) groups is 3. The standard InChI is InChI=1S/C24H21F6N7O3.2C2HF3O2/c25-17-13(18(26)20(39)16(19(17)27)21(32)33)6-34-15(38)8-37-14(7-35-22(23(37)40)36-12-1-2-12)9-3-10(24(28,29)30)5-11(31)4-9;2*3-2(4,5)1(6)7/h3-5,7,12,39H,1-2,6,8,31H2,(H3,32,33)(H,34,38)(H,35,36);2*(H,6,7). The maximum atomic E-state index is 14.5. The molecule has 1 fully saturated rings. The van der Waals surface area contributed by atoms with E-state index in [-0.39, 0.29) is 28.8 Å². The Balaban J connectivity index is 0.000000610. The molecule has 1 aliphatic rings. The van der Waals surface area contributed by atoms with Crippen LogP contribution in [-0.2, 0) is 33.6 Å². The molecule has 1 amide bonds. The average Bonchev–Trinajstić information content (AvgIpc) is 3.85. The van der Waals surface area contributed by atoms with E-state index in [1.807, 2.05) is 0 Å². The number of alkyl halides is 9. The van der Waals surface area contributed by atoms with Crippen molar-refractivity contribution in [2.24, 2.45) is 5.73 Å². The highest BCUT2D eigenvalue weighted by Gasteiger charge is 2.39. The van der Waals surface area contributed by atoms with Crippen molar-refractivity contribution >= 4 is 35.2 Å². The summed E-state index contributed by atoms with van der Waals surface area (Å²) in [6, 6.07) is 2.48. The van der Waals surface area contributed by atoms with E-state index in [1.54, 1.807) is 0 Å². The SMILES string of the molecule is N=C(N)c1c(O)c(F)c(CNC(=O)Cn2c(-c3cc(N)cc(C(F)(F)F)c3)cnc(NC3CC3)c2=O)c(F)c1F.O=C(O)C(F)(F)F.O=C(O)C(F)(F)F. The van der Waals surface area contributed by atoms with Crippen LogP contribution in [0.15, 0.2) is 29.2 Å². The Kier molecular flexibility index (Phi) is 13.5. The number of rotatable bonds is 8. The molecule has 2 aromatic carbocycles. The summed E-state index contributed by atoms with van der Waals surface area (Å²) in [5, 5.41) is 36.1. The predicted octanol–water partition coefficient (Wildman–Crippen LogP) is 4.08. The van der Waals surface area contributed by atoms with E-state index >= 15 is 0 Å². The van der Waals surface area contributed by atoms with Crippen molar-refractivity contribution in [3.05, 3.63) is 68.9 Å². The number of halogens is 12. The molecule has 10 N–H and O–H groups in total. The van der Waals surface area contributed by atoms with Crippen LogP contribution in [0.25, 0.3) is 11.3 Å². The summed E-state index contributed by atoms with van der Waals surface area (Å²) < 4.78 is 148. The Bertz CT molecular complexity index is 1940. The van der Waals surface area contributed by atoms with Gasteiger partial charge in [-0.1, -0.05) is 0 Å². The lowest BCUT2D eigenvalue weighted by Gasteiger charge is -2.17. The average molecular weight is 798 g/mol. The highest BCUT2D eigenvalue weighted by molar-refractivity contribution is 5.98. The summed E-state index contributed by atoms with van der Waals surface area (Å²) in [7, 11) is 0. The van der Waals surface area contributed by atoms with E-state index < -0.39 is 101 Å². The van der Waals surface area contributed by atoms with Gasteiger partial charge in [0.25, 0.3) is 5.56 Å². The number of aliphatic carboxylic acids is 2. The molecule has 3 aromatic rings. The van der Waals surface area contributed by atoms with E-state index in [0.717, 1.165) is 29.7 Å². The fourth-order valence-electron chi connectivity index (χ4n) is 3.84. The highest BCUT2D eigenvalue weighted by Crippen LogP contribution is 2.34. The molecule has 14 nitrogen and oxygen atoms in total. The molecule has 0 radical (unpaired) electrons. The minimum Gasteiger partial charge on any atom is -0.504 e. The first-order valence-corrected chi connectivity index (χ1v) is 14.0. The fraction of sp³-hybridized carbons (Fsp3) is 0.286. The summed E-state index contributed by atoms with van der Waals surface area (Å²) in [6.45, 7) is -1.85. The first-order chi connectivity index (χ1) is 24.6. The van der Waals surface area contributed by atoms with Crippen LogP contribution < -0.4 is 27.7 Å². The number of benzene rings is 2. The summed E-state index contributed by atoms with van der Waals surface area (Å²) in [5.74, 6) is -14.6. The summed E-state index contributed by atoms with van der Waals surface area (Å²) in [6.07, 6.45) is -12.4. The lowest BCUT2D eigenvalue weighted by Crippen LogP contribution is -2.35. The van der Waals surface area contributed by atoms with E-state index in [0.29, 0.717) is 12.1 Å². The largest absolute Gasteiger partial charge is 0.504 e. The molecule has 1 saturated carbocycles. The molecule has 26 heteroatoms. The summed E-state index contributed by atoms with van der Waals surface area (Å²) in [4.78, 5) is 47.7. The first kappa shape index (κ1) is 43.9. The molecule has 1 heterocycles. The van der Waals surface area contributed by atoms with E-state index in [4.69, 9.17) is 36.7 Å². The molecule has 0 unspecified atom stereocenters. The number of carboxylic acids is 2. The smallest absolute Gasteiger partial charge is 0.490 e. The van der Waals surface area contributed by atoms with Gasteiger partial charge in [-0.25, -0.2) is 27.7 Å². The van der Waals surface area contributed by atoms with Gasteiger partial charge < -0.3 is 37.4 Å². The third-order valence-electron chi connectivity index (χ3n) is 6.46. The minimum absolute atomic E-state index is 0.0518. The lowest BCUT2D eigenvalue weighted by atomic mass is 10.1. The number of nitrogens with zero attached hydrogens (tertiary/aromatic N) is 2. The topological polar surface area (TPSA) is 247 Å². The number of nitrogen functional groups attached to an aromatic ring is 2. The Hall–Kier alpha value is -6.24. The number of hydrogen-bond acceptors (Lipinski definition) is 9. The van der Waals surface area contributed by atoms with Gasteiger partial charge in [0.15, 0.2) is 29.0 Å². The van der Waals surface area contributed by atoms with Gasteiger partial charge in [-0.2, -0.15) is 39.5 Å². The Morgan fingerprint density at radius 3 is 1.87 bits per heavy atom. The number of nitrogens with two attached hydrogens (primary N) is 2. The maximum absolute atomic E-state index is 14.5. The van der Waals surface area contributed by atoms with Gasteiger partial charge in [0.2, 0.25) is 5.91 Å². The highest BCUT2D eigenvalue weighted by atomic mass is 19.4. The number of anilines is 2. The molecule has 0 bridgehead atoms. The molecule has 0 aliphatic heterocycles. The van der Waals surface area contributed by atoms with Crippen LogP contribution in [0.3, 0.4) is 0 Å². The van der Waals surface area contributed by atoms with Gasteiger partial charge in [0.1, 0.15) is 12.4 Å². The minimum atomic E-state index is -5.08. The van der Waals surface area contributed by atoms with Crippen LogP contribution in [0.5, 0.6) is 5.75 Å². The summed E-state index contributed by atoms with van der Waals surface area (Å²) >= 11 is 0. The Morgan fingerprint density at radius 2 is 1.43 bits per heavy atom. The van der Waals surface area contributed by atoms with E-state index in [9.17, 15) is 67.4 Å². The predicted molar refractivity (Wildman–Crippen MR) is 158 cm³/mol.